The maximum Gasteiger partial charge on any atom is 0.239 e. The number of furan rings is 1. The third-order valence-electron chi connectivity index (χ3n) is 8.22. The first-order valence-corrected chi connectivity index (χ1v) is 16.6. The summed E-state index contributed by atoms with van der Waals surface area (Å²) in [7, 11) is -3.14. The number of nitrogens with one attached hydrogen (secondary N) is 1. The third kappa shape index (κ3) is 4.83. The highest BCUT2D eigenvalue weighted by Gasteiger charge is 2.47. The van der Waals surface area contributed by atoms with Gasteiger partial charge in [0, 0.05) is 16.5 Å². The van der Waals surface area contributed by atoms with E-state index in [2.05, 4.69) is 17.4 Å². The van der Waals surface area contributed by atoms with Crippen LogP contribution in [0, 0.1) is 0 Å². The Labute approximate surface area is 261 Å². The van der Waals surface area contributed by atoms with Gasteiger partial charge >= 0.3 is 0 Å². The average molecular weight is 603 g/mol. The molecule has 0 saturated carbocycles. The predicted molar refractivity (Wildman–Crippen MR) is 186 cm³/mol. The number of aliphatic imine (C=N–C) groups is 2. The molecule has 0 saturated heterocycles. The maximum atomic E-state index is 13.2. The van der Waals surface area contributed by atoms with Crippen LogP contribution in [0.3, 0.4) is 0 Å². The van der Waals surface area contributed by atoms with Crippen molar-refractivity contribution in [3.63, 3.8) is 0 Å². The minimum Gasteiger partial charge on any atom is -0.456 e. The zero-order valence-electron chi connectivity index (χ0n) is 24.3. The van der Waals surface area contributed by atoms with Crippen molar-refractivity contribution in [1.29, 1.82) is 0 Å². The number of rotatable bonds is 6. The average Bonchev–Trinajstić information content (AvgIpc) is 3.51. The maximum absolute atomic E-state index is 13.2. The van der Waals surface area contributed by atoms with Gasteiger partial charge in [0.05, 0.1) is 5.39 Å². The summed E-state index contributed by atoms with van der Waals surface area (Å²) in [5, 5.41) is 7.96. The first-order chi connectivity index (χ1) is 22.2. The van der Waals surface area contributed by atoms with E-state index >= 15 is 0 Å². The monoisotopic (exact) mass is 602 g/mol. The summed E-state index contributed by atoms with van der Waals surface area (Å²) in [6, 6.07) is 52.3. The van der Waals surface area contributed by atoms with Crippen molar-refractivity contribution in [2.45, 2.75) is 6.17 Å². The first kappa shape index (κ1) is 27.2. The molecule has 45 heavy (non-hydrogen) atoms. The van der Waals surface area contributed by atoms with Crippen LogP contribution in [0.4, 0.5) is 0 Å². The third-order valence-corrected chi connectivity index (χ3v) is 11.4. The van der Waals surface area contributed by atoms with Gasteiger partial charge in [-0.05, 0) is 48.0 Å². The van der Waals surface area contributed by atoms with E-state index in [0.29, 0.717) is 11.4 Å². The minimum atomic E-state index is -3.14. The fourth-order valence-corrected chi connectivity index (χ4v) is 8.99. The molecule has 0 fully saturated rings. The summed E-state index contributed by atoms with van der Waals surface area (Å²) >= 11 is 0. The van der Waals surface area contributed by atoms with E-state index in [1.165, 1.54) is 0 Å². The van der Waals surface area contributed by atoms with Crippen LogP contribution >= 0.6 is 7.49 Å². The largest absolute Gasteiger partial charge is 0.456 e. The quantitative estimate of drug-likeness (QED) is 0.197. The van der Waals surface area contributed by atoms with Gasteiger partial charge in [-0.2, -0.15) is 0 Å². The molecule has 2 N–H and O–H groups in total. The fourth-order valence-electron chi connectivity index (χ4n) is 6.05. The SMILES string of the molecule is O[P+](c1ccccc1)(c1ccccc1)c1cc(C2=NC(c3ccccc3)N=C(c3ccccc3)N2)cc2oc3ccccc3c12. The van der Waals surface area contributed by atoms with Crippen molar-refractivity contribution in [2.24, 2.45) is 9.98 Å². The van der Waals surface area contributed by atoms with E-state index in [1.54, 1.807) is 0 Å². The molecule has 6 heteroatoms. The molecule has 0 spiro atoms. The number of benzene rings is 6. The van der Waals surface area contributed by atoms with Crippen molar-refractivity contribution in [2.75, 3.05) is 0 Å². The molecule has 1 aromatic heterocycles. The van der Waals surface area contributed by atoms with Crippen LogP contribution in [0.2, 0.25) is 0 Å². The lowest BCUT2D eigenvalue weighted by Gasteiger charge is -2.24. The van der Waals surface area contributed by atoms with Crippen LogP contribution < -0.4 is 21.2 Å². The van der Waals surface area contributed by atoms with Gasteiger partial charge in [0.15, 0.2) is 6.17 Å². The topological polar surface area (TPSA) is 70.1 Å². The summed E-state index contributed by atoms with van der Waals surface area (Å²) in [5.74, 6) is 1.39. The Bertz CT molecular complexity index is 2160. The van der Waals surface area contributed by atoms with Crippen molar-refractivity contribution >= 4 is 57.0 Å². The van der Waals surface area contributed by atoms with Crippen LogP contribution in [0.25, 0.3) is 21.9 Å². The Morgan fingerprint density at radius 1 is 0.556 bits per heavy atom. The summed E-state index contributed by atoms with van der Waals surface area (Å²) in [5.41, 5.74) is 4.23. The normalized spacial score (nSPS) is 15.0. The molecule has 8 rings (SSSR count). The van der Waals surface area contributed by atoms with Crippen LogP contribution in [-0.4, -0.2) is 16.6 Å². The Morgan fingerprint density at radius 3 is 1.73 bits per heavy atom. The molecular formula is C39H29N3O2P+. The highest BCUT2D eigenvalue weighted by Crippen LogP contribution is 2.53. The molecule has 1 atom stereocenters. The standard InChI is InChI=1S/C39H29N3O2P/c43-45(30-19-9-3-10-20-30,31-21-11-4-12-22-31)35-26-29(25-34-36(35)32-23-13-14-24-33(32)44-34)39-41-37(27-15-5-1-6-16-27)40-38(42-39)28-17-7-2-8-18-28/h1-26,37,43H,(H,40,41,42)/q+1. The first-order valence-electron chi connectivity index (χ1n) is 14.9. The summed E-state index contributed by atoms with van der Waals surface area (Å²) in [6.07, 6.45) is -0.440. The summed E-state index contributed by atoms with van der Waals surface area (Å²) in [4.78, 5) is 23.3. The van der Waals surface area contributed by atoms with Crippen LogP contribution in [0.1, 0.15) is 22.9 Å². The van der Waals surface area contributed by atoms with Gasteiger partial charge < -0.3 is 9.73 Å². The summed E-state index contributed by atoms with van der Waals surface area (Å²) in [6.45, 7) is 0. The van der Waals surface area contributed by atoms with Crippen LogP contribution in [0.15, 0.2) is 172 Å². The van der Waals surface area contributed by atoms with E-state index in [0.717, 1.165) is 54.8 Å². The van der Waals surface area contributed by atoms with Gasteiger partial charge in [-0.1, -0.05) is 115 Å². The molecule has 5 nitrogen and oxygen atoms in total. The fraction of sp³-hybridized carbons (Fsp3) is 0.0256. The van der Waals surface area contributed by atoms with Gasteiger partial charge in [-0.3, -0.25) is 0 Å². The predicted octanol–water partition coefficient (Wildman–Crippen LogP) is 7.28. The molecular weight excluding hydrogens is 573 g/mol. The van der Waals surface area contributed by atoms with Gasteiger partial charge in [0.25, 0.3) is 0 Å². The number of nitrogens with zero attached hydrogens (tertiary/aromatic N) is 2. The molecule has 0 amide bonds. The van der Waals surface area contributed by atoms with E-state index in [-0.39, 0.29) is 0 Å². The molecule has 1 aliphatic heterocycles. The zero-order valence-corrected chi connectivity index (χ0v) is 25.2. The van der Waals surface area contributed by atoms with Gasteiger partial charge in [-0.25, -0.2) is 14.9 Å². The second kappa shape index (κ2) is 11.3. The lowest BCUT2D eigenvalue weighted by atomic mass is 10.1. The van der Waals surface area contributed by atoms with Crippen molar-refractivity contribution in [3.05, 3.63) is 174 Å². The van der Waals surface area contributed by atoms with Crippen LogP contribution in [0.5, 0.6) is 0 Å². The molecule has 216 valence electrons. The zero-order chi connectivity index (χ0) is 30.2. The second-order valence-electron chi connectivity index (χ2n) is 11.0. The van der Waals surface area contributed by atoms with Crippen molar-refractivity contribution < 1.29 is 9.31 Å². The Morgan fingerprint density at radius 2 is 1.09 bits per heavy atom. The number of fused-ring (bicyclic) bond motifs is 3. The second-order valence-corrected chi connectivity index (χ2v) is 13.8. The Balaban J connectivity index is 1.40. The highest BCUT2D eigenvalue weighted by atomic mass is 31.2. The number of hydrogen-bond donors (Lipinski definition) is 2. The molecule has 0 aliphatic carbocycles. The Hall–Kier alpha value is -5.35. The molecule has 6 aromatic carbocycles. The molecule has 7 aromatic rings. The lowest BCUT2D eigenvalue weighted by Crippen LogP contribution is -2.37. The van der Waals surface area contributed by atoms with E-state index in [1.807, 2.05) is 146 Å². The lowest BCUT2D eigenvalue weighted by molar-refractivity contribution is 0.633. The number of hydrogen-bond acceptors (Lipinski definition) is 5. The Kier molecular flexibility index (Phi) is 6.83. The van der Waals surface area contributed by atoms with Gasteiger partial charge in [-0.15, -0.1) is 0 Å². The number of amidine groups is 2. The van der Waals surface area contributed by atoms with Gasteiger partial charge in [0.1, 0.15) is 38.8 Å². The highest BCUT2D eigenvalue weighted by molar-refractivity contribution is 7.91. The molecule has 1 aliphatic rings. The van der Waals surface area contributed by atoms with Crippen molar-refractivity contribution in [3.8, 4) is 0 Å². The molecule has 0 radical (unpaired) electrons. The molecule has 1 unspecified atom stereocenters. The van der Waals surface area contributed by atoms with Crippen LogP contribution in [-0.2, 0) is 0 Å². The van der Waals surface area contributed by atoms with Crippen molar-refractivity contribution in [1.82, 2.24) is 5.32 Å². The molecule has 2 heterocycles. The van der Waals surface area contributed by atoms with Gasteiger partial charge in [0.2, 0.25) is 7.49 Å². The van der Waals surface area contributed by atoms with E-state index in [4.69, 9.17) is 14.4 Å². The smallest absolute Gasteiger partial charge is 0.239 e. The van der Waals surface area contributed by atoms with E-state index in [9.17, 15) is 4.89 Å². The number of para-hydroxylation sites is 1. The van der Waals surface area contributed by atoms with E-state index < -0.39 is 13.7 Å². The summed E-state index contributed by atoms with van der Waals surface area (Å²) < 4.78 is 6.51. The minimum absolute atomic E-state index is 0.440. The molecule has 0 bridgehead atoms.